The molecule has 0 radical (unpaired) electrons. The average molecular weight is 178 g/mol. The largest absolute Gasteiger partial charge is 0.481 e. The molecule has 0 heterocycles. The van der Waals surface area contributed by atoms with Crippen LogP contribution in [0.3, 0.4) is 0 Å². The molecule has 0 aromatic carbocycles. The molecule has 0 bridgehead atoms. The topological polar surface area (TPSA) is 77.8 Å². The van der Waals surface area contributed by atoms with Gasteiger partial charge in [-0.1, -0.05) is 6.92 Å². The minimum absolute atomic E-state index is 0.588. The SMILES string of the molecule is CC(=O)O.CCC(C)(O)C(C)O. The Morgan fingerprint density at radius 3 is 1.83 bits per heavy atom. The molecular weight excluding hydrogens is 160 g/mol. The molecule has 0 amide bonds. The molecule has 2 unspecified atom stereocenters. The molecule has 4 heteroatoms. The van der Waals surface area contributed by atoms with Gasteiger partial charge in [-0.05, 0) is 20.3 Å². The second-order valence-corrected chi connectivity index (χ2v) is 2.91. The summed E-state index contributed by atoms with van der Waals surface area (Å²) in [5, 5.41) is 25.4. The zero-order valence-corrected chi connectivity index (χ0v) is 8.03. The van der Waals surface area contributed by atoms with Gasteiger partial charge in [-0.2, -0.15) is 0 Å². The second-order valence-electron chi connectivity index (χ2n) is 2.91. The van der Waals surface area contributed by atoms with Crippen molar-refractivity contribution in [3.8, 4) is 0 Å². The molecule has 0 aromatic rings. The normalized spacial score (nSPS) is 16.8. The lowest BCUT2D eigenvalue weighted by molar-refractivity contribution is -0.134. The highest BCUT2D eigenvalue weighted by Gasteiger charge is 2.23. The number of hydrogen-bond donors (Lipinski definition) is 3. The number of carboxylic acids is 1. The number of hydrogen-bond acceptors (Lipinski definition) is 3. The number of rotatable bonds is 2. The van der Waals surface area contributed by atoms with Crippen LogP contribution < -0.4 is 0 Å². The van der Waals surface area contributed by atoms with E-state index in [0.29, 0.717) is 6.42 Å². The Balaban J connectivity index is 0. The van der Waals surface area contributed by atoms with Gasteiger partial charge in [0.1, 0.15) is 0 Å². The molecule has 4 nitrogen and oxygen atoms in total. The third kappa shape index (κ3) is 9.39. The minimum Gasteiger partial charge on any atom is -0.481 e. The van der Waals surface area contributed by atoms with Gasteiger partial charge in [-0.15, -0.1) is 0 Å². The van der Waals surface area contributed by atoms with Crippen LogP contribution in [0.2, 0.25) is 0 Å². The van der Waals surface area contributed by atoms with E-state index in [2.05, 4.69) is 0 Å². The molecule has 0 saturated carbocycles. The van der Waals surface area contributed by atoms with E-state index in [9.17, 15) is 0 Å². The van der Waals surface area contributed by atoms with Gasteiger partial charge >= 0.3 is 0 Å². The highest BCUT2D eigenvalue weighted by atomic mass is 16.4. The predicted octanol–water partition coefficient (Wildman–Crippen LogP) is 0.619. The maximum atomic E-state index is 9.15. The van der Waals surface area contributed by atoms with Crippen LogP contribution in [0.4, 0.5) is 0 Å². The molecule has 0 rings (SSSR count). The Kier molecular flexibility index (Phi) is 6.94. The van der Waals surface area contributed by atoms with Gasteiger partial charge in [0.2, 0.25) is 0 Å². The van der Waals surface area contributed by atoms with Crippen molar-refractivity contribution < 1.29 is 20.1 Å². The molecule has 0 fully saturated rings. The Hall–Kier alpha value is -0.610. The summed E-state index contributed by atoms with van der Waals surface area (Å²) >= 11 is 0. The second kappa shape index (κ2) is 5.97. The van der Waals surface area contributed by atoms with Crippen molar-refractivity contribution in [2.45, 2.75) is 45.8 Å². The van der Waals surface area contributed by atoms with E-state index in [0.717, 1.165) is 6.92 Å². The number of carboxylic acid groups (broad SMARTS) is 1. The standard InChI is InChI=1S/C6H14O2.C2H4O2/c1-4-6(3,8)5(2)7;1-2(3)4/h5,7-8H,4H2,1-3H3;1H3,(H,3,4). The van der Waals surface area contributed by atoms with Crippen molar-refractivity contribution in [1.82, 2.24) is 0 Å². The number of aliphatic hydroxyl groups is 2. The predicted molar refractivity (Wildman–Crippen MR) is 45.9 cm³/mol. The van der Waals surface area contributed by atoms with Crippen molar-refractivity contribution in [2.24, 2.45) is 0 Å². The van der Waals surface area contributed by atoms with E-state index < -0.39 is 17.7 Å². The molecule has 0 aromatic heterocycles. The monoisotopic (exact) mass is 178 g/mol. The first-order valence-electron chi connectivity index (χ1n) is 3.84. The van der Waals surface area contributed by atoms with Crippen molar-refractivity contribution in [2.75, 3.05) is 0 Å². The summed E-state index contributed by atoms with van der Waals surface area (Å²) in [6.07, 6.45) is -0.0440. The lowest BCUT2D eigenvalue weighted by Crippen LogP contribution is -2.35. The summed E-state index contributed by atoms with van der Waals surface area (Å²) in [6, 6.07) is 0. The fraction of sp³-hybridized carbons (Fsp3) is 0.875. The first kappa shape index (κ1) is 13.9. The molecule has 0 saturated heterocycles. The van der Waals surface area contributed by atoms with Gasteiger partial charge in [0.25, 0.3) is 5.97 Å². The minimum atomic E-state index is -0.903. The Labute approximate surface area is 72.8 Å². The van der Waals surface area contributed by atoms with Crippen molar-refractivity contribution in [3.05, 3.63) is 0 Å². The summed E-state index contributed by atoms with van der Waals surface area (Å²) < 4.78 is 0. The average Bonchev–Trinajstić information content (AvgIpc) is 1.86. The summed E-state index contributed by atoms with van der Waals surface area (Å²) in [6.45, 7) is 6.13. The van der Waals surface area contributed by atoms with Crippen LogP contribution >= 0.6 is 0 Å². The number of aliphatic carboxylic acids is 1. The fourth-order valence-electron chi connectivity index (χ4n) is 0.295. The van der Waals surface area contributed by atoms with Gasteiger partial charge in [0, 0.05) is 6.92 Å². The zero-order valence-electron chi connectivity index (χ0n) is 8.03. The maximum absolute atomic E-state index is 9.15. The smallest absolute Gasteiger partial charge is 0.300 e. The molecule has 0 aliphatic carbocycles. The quantitative estimate of drug-likeness (QED) is 0.579. The summed E-state index contributed by atoms with van der Waals surface area (Å²) in [4.78, 5) is 9.00. The Morgan fingerprint density at radius 1 is 1.58 bits per heavy atom. The van der Waals surface area contributed by atoms with Crippen LogP contribution in [-0.4, -0.2) is 33.0 Å². The maximum Gasteiger partial charge on any atom is 0.300 e. The zero-order chi connectivity index (χ0) is 10.4. The number of carbonyl (C=O) groups is 1. The van der Waals surface area contributed by atoms with Gasteiger partial charge in [0.15, 0.2) is 0 Å². The van der Waals surface area contributed by atoms with Crippen molar-refractivity contribution in [3.63, 3.8) is 0 Å². The lowest BCUT2D eigenvalue weighted by atomic mass is 9.98. The van der Waals surface area contributed by atoms with Gasteiger partial charge in [-0.3, -0.25) is 4.79 Å². The van der Waals surface area contributed by atoms with E-state index in [1.54, 1.807) is 13.8 Å². The van der Waals surface area contributed by atoms with E-state index in [4.69, 9.17) is 20.1 Å². The molecule has 0 aliphatic heterocycles. The third-order valence-electron chi connectivity index (χ3n) is 1.62. The molecule has 74 valence electrons. The molecule has 0 spiro atoms. The summed E-state index contributed by atoms with van der Waals surface area (Å²) in [5.74, 6) is -0.833. The molecule has 3 N–H and O–H groups in total. The summed E-state index contributed by atoms with van der Waals surface area (Å²) in [7, 11) is 0. The van der Waals surface area contributed by atoms with E-state index in [1.807, 2.05) is 6.92 Å². The molecule has 12 heavy (non-hydrogen) atoms. The fourth-order valence-corrected chi connectivity index (χ4v) is 0.295. The van der Waals surface area contributed by atoms with Crippen LogP contribution in [0.5, 0.6) is 0 Å². The molecule has 2 atom stereocenters. The van der Waals surface area contributed by atoms with E-state index in [1.165, 1.54) is 0 Å². The Morgan fingerprint density at radius 2 is 1.83 bits per heavy atom. The van der Waals surface area contributed by atoms with Crippen LogP contribution in [0.1, 0.15) is 34.1 Å². The van der Waals surface area contributed by atoms with E-state index in [-0.39, 0.29) is 0 Å². The third-order valence-corrected chi connectivity index (χ3v) is 1.62. The number of aliphatic hydroxyl groups excluding tert-OH is 1. The van der Waals surface area contributed by atoms with Gasteiger partial charge < -0.3 is 15.3 Å². The van der Waals surface area contributed by atoms with Crippen LogP contribution in [0.25, 0.3) is 0 Å². The van der Waals surface area contributed by atoms with Crippen LogP contribution in [0, 0.1) is 0 Å². The van der Waals surface area contributed by atoms with E-state index >= 15 is 0 Å². The first-order valence-corrected chi connectivity index (χ1v) is 3.84. The highest BCUT2D eigenvalue weighted by Crippen LogP contribution is 2.12. The first-order chi connectivity index (χ1) is 5.24. The van der Waals surface area contributed by atoms with Gasteiger partial charge in [0.05, 0.1) is 11.7 Å². The summed E-state index contributed by atoms with van der Waals surface area (Å²) in [5.41, 5.74) is -0.903. The lowest BCUT2D eigenvalue weighted by Gasteiger charge is -2.24. The van der Waals surface area contributed by atoms with Crippen LogP contribution in [-0.2, 0) is 4.79 Å². The Bertz CT molecular complexity index is 125. The van der Waals surface area contributed by atoms with Crippen molar-refractivity contribution >= 4 is 5.97 Å². The molecule has 0 aliphatic rings. The highest BCUT2D eigenvalue weighted by molar-refractivity contribution is 5.62. The van der Waals surface area contributed by atoms with Crippen molar-refractivity contribution in [1.29, 1.82) is 0 Å². The van der Waals surface area contributed by atoms with Crippen LogP contribution in [0.15, 0.2) is 0 Å². The van der Waals surface area contributed by atoms with Gasteiger partial charge in [-0.25, -0.2) is 0 Å². The molecular formula is C8H18O4.